The summed E-state index contributed by atoms with van der Waals surface area (Å²) in [7, 11) is 0. The average Bonchev–Trinajstić information content (AvgIpc) is 2.64. The Balaban J connectivity index is 1.98. The van der Waals surface area contributed by atoms with Gasteiger partial charge in [0, 0.05) is 22.9 Å². The summed E-state index contributed by atoms with van der Waals surface area (Å²) in [5, 5.41) is 5.66. The molecular weight excluding hydrogens is 408 g/mol. The molecule has 6 heteroatoms. The number of ether oxygens (including phenoxy) is 1. The Kier molecular flexibility index (Phi) is 7.85. The highest BCUT2D eigenvalue weighted by Crippen LogP contribution is 2.27. The van der Waals surface area contributed by atoms with E-state index in [9.17, 15) is 9.59 Å². The Labute approximate surface area is 168 Å². The van der Waals surface area contributed by atoms with Crippen LogP contribution >= 0.6 is 15.9 Å². The van der Waals surface area contributed by atoms with Crippen molar-refractivity contribution in [1.82, 2.24) is 0 Å². The van der Waals surface area contributed by atoms with Crippen LogP contribution in [-0.4, -0.2) is 18.4 Å². The number of hydrogen-bond donors (Lipinski definition) is 2. The highest BCUT2D eigenvalue weighted by Gasteiger charge is 2.11. The van der Waals surface area contributed by atoms with Gasteiger partial charge in [-0.15, -0.1) is 0 Å². The minimum atomic E-state index is -0.213. The van der Waals surface area contributed by atoms with Gasteiger partial charge in [0.25, 0.3) is 5.91 Å². The van der Waals surface area contributed by atoms with Crippen molar-refractivity contribution in [1.29, 1.82) is 0 Å². The minimum Gasteiger partial charge on any atom is -0.492 e. The molecule has 2 N–H and O–H groups in total. The fraction of sp³-hybridized carbons (Fsp3) is 0.333. The maximum Gasteiger partial charge on any atom is 0.255 e. The third-order valence-electron chi connectivity index (χ3n) is 3.88. The first-order valence-corrected chi connectivity index (χ1v) is 9.84. The van der Waals surface area contributed by atoms with Gasteiger partial charge in [-0.25, -0.2) is 0 Å². The van der Waals surface area contributed by atoms with Crippen LogP contribution in [0, 0.1) is 5.92 Å². The highest BCUT2D eigenvalue weighted by molar-refractivity contribution is 9.10. The fourth-order valence-corrected chi connectivity index (χ4v) is 2.71. The normalized spacial score (nSPS) is 10.6. The van der Waals surface area contributed by atoms with E-state index in [0.29, 0.717) is 23.5 Å². The van der Waals surface area contributed by atoms with Crippen LogP contribution in [0.4, 0.5) is 11.4 Å². The summed E-state index contributed by atoms with van der Waals surface area (Å²) >= 11 is 3.45. The number of hydrogen-bond acceptors (Lipinski definition) is 3. The molecule has 0 atom stereocenters. The molecule has 2 rings (SSSR count). The van der Waals surface area contributed by atoms with Gasteiger partial charge in [-0.1, -0.05) is 27.2 Å². The van der Waals surface area contributed by atoms with Crippen molar-refractivity contribution in [2.24, 2.45) is 5.92 Å². The van der Waals surface area contributed by atoms with Crippen LogP contribution in [0.5, 0.6) is 5.75 Å². The third-order valence-corrected chi connectivity index (χ3v) is 4.50. The summed E-state index contributed by atoms with van der Waals surface area (Å²) in [5.41, 5.74) is 1.88. The maximum absolute atomic E-state index is 12.4. The summed E-state index contributed by atoms with van der Waals surface area (Å²) in [4.78, 5) is 24.2. The minimum absolute atomic E-state index is 0.0436. The summed E-state index contributed by atoms with van der Waals surface area (Å²) in [6.07, 6.45) is 2.06. The fourth-order valence-electron chi connectivity index (χ4n) is 2.21. The summed E-state index contributed by atoms with van der Waals surface area (Å²) in [6, 6.07) is 12.3. The van der Waals surface area contributed by atoms with Crippen LogP contribution in [0.1, 0.15) is 44.0 Å². The van der Waals surface area contributed by atoms with Crippen LogP contribution in [0.2, 0.25) is 0 Å². The van der Waals surface area contributed by atoms with Gasteiger partial charge in [0.1, 0.15) is 5.75 Å². The van der Waals surface area contributed by atoms with Crippen molar-refractivity contribution in [3.8, 4) is 5.75 Å². The Morgan fingerprint density at radius 3 is 2.22 bits per heavy atom. The van der Waals surface area contributed by atoms with E-state index in [1.165, 1.54) is 0 Å². The maximum atomic E-state index is 12.4. The molecule has 0 aliphatic heterocycles. The monoisotopic (exact) mass is 432 g/mol. The lowest BCUT2D eigenvalue weighted by atomic mass is 10.2. The van der Waals surface area contributed by atoms with Gasteiger partial charge in [-0.2, -0.15) is 0 Å². The van der Waals surface area contributed by atoms with E-state index >= 15 is 0 Å². The molecular formula is C21H25BrN2O3. The number of rotatable bonds is 8. The molecule has 0 heterocycles. The van der Waals surface area contributed by atoms with Crippen LogP contribution in [0.15, 0.2) is 46.9 Å². The molecule has 0 saturated carbocycles. The zero-order valence-electron chi connectivity index (χ0n) is 15.8. The molecule has 0 radical (unpaired) electrons. The molecule has 0 aliphatic carbocycles. The molecule has 0 unspecified atom stereocenters. The summed E-state index contributed by atoms with van der Waals surface area (Å²) < 4.78 is 6.43. The van der Waals surface area contributed by atoms with Gasteiger partial charge in [-0.05, 0) is 64.8 Å². The number of nitrogens with one attached hydrogen (secondary N) is 2. The van der Waals surface area contributed by atoms with Gasteiger partial charge in [0.15, 0.2) is 0 Å². The molecule has 27 heavy (non-hydrogen) atoms. The number of benzene rings is 2. The summed E-state index contributed by atoms with van der Waals surface area (Å²) in [5.74, 6) is 0.384. The number of halogens is 1. The standard InChI is InChI=1S/C21H25BrN2O3/c1-4-5-12-27-19-11-6-15(13-18(19)22)21(26)24-17-9-7-16(8-10-17)23-20(25)14(2)3/h6-11,13-14H,4-5,12H2,1-3H3,(H,23,25)(H,24,26). The lowest BCUT2D eigenvalue weighted by molar-refractivity contribution is -0.118. The van der Waals surface area contributed by atoms with Crippen molar-refractivity contribution < 1.29 is 14.3 Å². The second-order valence-electron chi connectivity index (χ2n) is 6.52. The number of unbranched alkanes of at least 4 members (excludes halogenated alkanes) is 1. The first-order valence-electron chi connectivity index (χ1n) is 9.05. The zero-order chi connectivity index (χ0) is 19.8. The van der Waals surface area contributed by atoms with Gasteiger partial charge in [-0.3, -0.25) is 9.59 Å². The molecule has 2 aromatic carbocycles. The molecule has 144 valence electrons. The topological polar surface area (TPSA) is 67.4 Å². The summed E-state index contributed by atoms with van der Waals surface area (Å²) in [6.45, 7) is 6.43. The lowest BCUT2D eigenvalue weighted by Gasteiger charge is -2.11. The van der Waals surface area contributed by atoms with E-state index in [1.54, 1.807) is 42.5 Å². The number of amides is 2. The molecule has 0 bridgehead atoms. The average molecular weight is 433 g/mol. The van der Waals surface area contributed by atoms with Gasteiger partial charge in [0.2, 0.25) is 5.91 Å². The number of anilines is 2. The molecule has 0 saturated heterocycles. The quantitative estimate of drug-likeness (QED) is 0.542. The number of carbonyl (C=O) groups is 2. The predicted octanol–water partition coefficient (Wildman–Crippen LogP) is 5.47. The molecule has 2 amide bonds. The van der Waals surface area contributed by atoms with Crippen molar-refractivity contribution in [3.05, 3.63) is 52.5 Å². The Hall–Kier alpha value is -2.34. The first kappa shape index (κ1) is 21.0. The Morgan fingerprint density at radius 1 is 1.04 bits per heavy atom. The van der Waals surface area contributed by atoms with Crippen LogP contribution in [0.3, 0.4) is 0 Å². The third kappa shape index (κ3) is 6.40. The van der Waals surface area contributed by atoms with Crippen molar-refractivity contribution in [2.45, 2.75) is 33.6 Å². The zero-order valence-corrected chi connectivity index (χ0v) is 17.4. The van der Waals surface area contributed by atoms with Crippen LogP contribution in [-0.2, 0) is 4.79 Å². The molecule has 5 nitrogen and oxygen atoms in total. The van der Waals surface area contributed by atoms with Crippen molar-refractivity contribution in [3.63, 3.8) is 0 Å². The van der Waals surface area contributed by atoms with Gasteiger partial charge < -0.3 is 15.4 Å². The molecule has 0 fully saturated rings. The van der Waals surface area contributed by atoms with E-state index in [0.717, 1.165) is 23.1 Å². The van der Waals surface area contributed by atoms with Crippen LogP contribution < -0.4 is 15.4 Å². The molecule has 0 aromatic heterocycles. The highest BCUT2D eigenvalue weighted by atomic mass is 79.9. The molecule has 2 aromatic rings. The van der Waals surface area contributed by atoms with Gasteiger partial charge in [0.05, 0.1) is 11.1 Å². The van der Waals surface area contributed by atoms with E-state index < -0.39 is 0 Å². The smallest absolute Gasteiger partial charge is 0.255 e. The predicted molar refractivity (Wildman–Crippen MR) is 112 cm³/mol. The molecule has 0 spiro atoms. The van der Waals surface area contributed by atoms with E-state index in [-0.39, 0.29) is 17.7 Å². The molecule has 0 aliphatic rings. The van der Waals surface area contributed by atoms with Crippen molar-refractivity contribution >= 4 is 39.1 Å². The van der Waals surface area contributed by atoms with Gasteiger partial charge >= 0.3 is 0 Å². The number of carbonyl (C=O) groups excluding carboxylic acids is 2. The SMILES string of the molecule is CCCCOc1ccc(C(=O)Nc2ccc(NC(=O)C(C)C)cc2)cc1Br. The second kappa shape index (κ2) is 10.1. The second-order valence-corrected chi connectivity index (χ2v) is 7.38. The van der Waals surface area contributed by atoms with E-state index in [2.05, 4.69) is 33.5 Å². The Morgan fingerprint density at radius 2 is 1.67 bits per heavy atom. The van der Waals surface area contributed by atoms with Crippen LogP contribution in [0.25, 0.3) is 0 Å². The first-order chi connectivity index (χ1) is 12.9. The Bertz CT molecular complexity index is 789. The lowest BCUT2D eigenvalue weighted by Crippen LogP contribution is -2.17. The van der Waals surface area contributed by atoms with E-state index in [1.807, 2.05) is 13.8 Å². The van der Waals surface area contributed by atoms with Crippen molar-refractivity contribution in [2.75, 3.05) is 17.2 Å². The van der Waals surface area contributed by atoms with E-state index in [4.69, 9.17) is 4.74 Å². The largest absolute Gasteiger partial charge is 0.492 e.